The summed E-state index contributed by atoms with van der Waals surface area (Å²) in [6, 6.07) is 16.4. The van der Waals surface area contributed by atoms with Gasteiger partial charge in [-0.05, 0) is 47.5 Å². The highest BCUT2D eigenvalue weighted by molar-refractivity contribution is 7.90. The summed E-state index contributed by atoms with van der Waals surface area (Å²) in [6.07, 6.45) is 2.88. The maximum atomic E-state index is 12.0. The van der Waals surface area contributed by atoms with Crippen LogP contribution in [0.1, 0.15) is 0 Å². The van der Waals surface area contributed by atoms with Crippen LogP contribution < -0.4 is 10.6 Å². The van der Waals surface area contributed by atoms with E-state index in [1.165, 1.54) is 6.26 Å². The van der Waals surface area contributed by atoms with E-state index in [4.69, 9.17) is 20.4 Å². The number of nitrogens with zero attached hydrogens (tertiary/aromatic N) is 4. The molecule has 0 spiro atoms. The molecule has 3 heterocycles. The van der Waals surface area contributed by atoms with Gasteiger partial charge >= 0.3 is 0 Å². The molecule has 2 aromatic carbocycles. The lowest BCUT2D eigenvalue weighted by Crippen LogP contribution is -2.37. The van der Waals surface area contributed by atoms with Crippen LogP contribution in [0.3, 0.4) is 0 Å². The van der Waals surface area contributed by atoms with Crippen LogP contribution in [0.4, 0.5) is 11.6 Å². The summed E-state index contributed by atoms with van der Waals surface area (Å²) in [5, 5.41) is 0.923. The fourth-order valence-corrected chi connectivity index (χ4v) is 4.55. The number of nitrogen functional groups attached to an aromatic ring is 1. The molecule has 168 valence electrons. The molecule has 2 N–H and O–H groups in total. The van der Waals surface area contributed by atoms with Gasteiger partial charge in [0.15, 0.2) is 15.7 Å². The SMILES string of the molecule is CS(=O)(=O)c1cccc(-c2ccc3c(N4CCOCC4)nc(-c4ccc(N)nc4)nc3c2)c1. The molecule has 0 amide bonds. The Hall–Kier alpha value is -3.56. The zero-order chi connectivity index (χ0) is 23.0. The van der Waals surface area contributed by atoms with E-state index in [-0.39, 0.29) is 4.90 Å². The molecule has 1 saturated heterocycles. The molecular weight excluding hydrogens is 438 g/mol. The quantitative estimate of drug-likeness (QED) is 0.493. The second kappa shape index (κ2) is 8.42. The van der Waals surface area contributed by atoms with Crippen LogP contribution in [0.5, 0.6) is 0 Å². The second-order valence-electron chi connectivity index (χ2n) is 7.97. The summed E-state index contributed by atoms with van der Waals surface area (Å²) in [6.45, 7) is 2.76. The molecule has 1 aliphatic heterocycles. The number of pyridine rings is 1. The van der Waals surface area contributed by atoms with Crippen molar-refractivity contribution in [3.05, 3.63) is 60.8 Å². The minimum Gasteiger partial charge on any atom is -0.384 e. The predicted octanol–water partition coefficient (Wildman–Crippen LogP) is 3.18. The first-order chi connectivity index (χ1) is 15.9. The van der Waals surface area contributed by atoms with Gasteiger partial charge in [0.05, 0.1) is 23.6 Å². The fourth-order valence-electron chi connectivity index (χ4n) is 3.88. The van der Waals surface area contributed by atoms with E-state index in [2.05, 4.69) is 9.88 Å². The van der Waals surface area contributed by atoms with Crippen LogP contribution in [0.2, 0.25) is 0 Å². The number of fused-ring (bicyclic) bond motifs is 1. The van der Waals surface area contributed by atoms with Crippen molar-refractivity contribution in [1.82, 2.24) is 15.0 Å². The van der Waals surface area contributed by atoms with Gasteiger partial charge in [0.25, 0.3) is 0 Å². The average molecular weight is 462 g/mol. The topological polar surface area (TPSA) is 111 Å². The van der Waals surface area contributed by atoms with Crippen LogP contribution in [0.25, 0.3) is 33.4 Å². The van der Waals surface area contributed by atoms with Gasteiger partial charge in [-0.2, -0.15) is 0 Å². The Labute approximate surface area is 192 Å². The van der Waals surface area contributed by atoms with E-state index >= 15 is 0 Å². The van der Waals surface area contributed by atoms with Crippen molar-refractivity contribution in [3.63, 3.8) is 0 Å². The molecule has 4 aromatic rings. The number of nitrogens with two attached hydrogens (primary N) is 1. The molecule has 9 heteroatoms. The third-order valence-corrected chi connectivity index (χ3v) is 6.74. The number of morpholine rings is 1. The Morgan fingerprint density at radius 3 is 2.42 bits per heavy atom. The first-order valence-electron chi connectivity index (χ1n) is 10.6. The first-order valence-corrected chi connectivity index (χ1v) is 12.4. The Morgan fingerprint density at radius 1 is 0.939 bits per heavy atom. The lowest BCUT2D eigenvalue weighted by atomic mass is 10.0. The van der Waals surface area contributed by atoms with Crippen LogP contribution in [-0.4, -0.2) is 55.9 Å². The van der Waals surface area contributed by atoms with E-state index < -0.39 is 9.84 Å². The van der Waals surface area contributed by atoms with E-state index in [1.54, 1.807) is 30.5 Å². The summed E-state index contributed by atoms with van der Waals surface area (Å²) in [5.41, 5.74) is 8.97. The highest BCUT2D eigenvalue weighted by Gasteiger charge is 2.19. The number of aromatic nitrogens is 3. The molecule has 0 unspecified atom stereocenters. The molecule has 0 saturated carbocycles. The molecule has 2 aromatic heterocycles. The Bertz CT molecular complexity index is 1430. The van der Waals surface area contributed by atoms with Crippen LogP contribution in [0, 0.1) is 0 Å². The molecule has 33 heavy (non-hydrogen) atoms. The lowest BCUT2D eigenvalue weighted by molar-refractivity contribution is 0.122. The van der Waals surface area contributed by atoms with Gasteiger partial charge in [-0.15, -0.1) is 0 Å². The fraction of sp³-hybridized carbons (Fsp3) is 0.208. The number of rotatable bonds is 4. The predicted molar refractivity (Wildman–Crippen MR) is 129 cm³/mol. The van der Waals surface area contributed by atoms with Gasteiger partial charge in [0, 0.05) is 36.5 Å². The van der Waals surface area contributed by atoms with Gasteiger partial charge < -0.3 is 15.4 Å². The van der Waals surface area contributed by atoms with Crippen LogP contribution in [-0.2, 0) is 14.6 Å². The third kappa shape index (κ3) is 4.37. The monoisotopic (exact) mass is 461 g/mol. The van der Waals surface area contributed by atoms with Crippen LogP contribution in [0.15, 0.2) is 65.7 Å². The average Bonchev–Trinajstić information content (AvgIpc) is 2.83. The van der Waals surface area contributed by atoms with Crippen molar-refractivity contribution in [2.24, 2.45) is 0 Å². The highest BCUT2D eigenvalue weighted by Crippen LogP contribution is 2.32. The zero-order valence-corrected chi connectivity index (χ0v) is 18.9. The molecule has 1 aliphatic rings. The number of hydrogen-bond acceptors (Lipinski definition) is 8. The summed E-state index contributed by atoms with van der Waals surface area (Å²) in [7, 11) is -3.30. The Balaban J connectivity index is 1.68. The normalized spacial score (nSPS) is 14.5. The van der Waals surface area contributed by atoms with Gasteiger partial charge in [0.2, 0.25) is 0 Å². The highest BCUT2D eigenvalue weighted by atomic mass is 32.2. The molecule has 0 bridgehead atoms. The smallest absolute Gasteiger partial charge is 0.175 e. The van der Waals surface area contributed by atoms with Crippen molar-refractivity contribution in [3.8, 4) is 22.5 Å². The summed E-state index contributed by atoms with van der Waals surface area (Å²) < 4.78 is 29.6. The van der Waals surface area contributed by atoms with E-state index in [0.29, 0.717) is 24.9 Å². The number of hydrogen-bond donors (Lipinski definition) is 1. The summed E-state index contributed by atoms with van der Waals surface area (Å²) in [5.74, 6) is 1.83. The number of anilines is 2. The minimum absolute atomic E-state index is 0.283. The van der Waals surface area contributed by atoms with Crippen molar-refractivity contribution < 1.29 is 13.2 Å². The van der Waals surface area contributed by atoms with Gasteiger partial charge in [0.1, 0.15) is 11.6 Å². The Kier molecular flexibility index (Phi) is 5.43. The van der Waals surface area contributed by atoms with E-state index in [1.807, 2.05) is 30.3 Å². The molecule has 0 aliphatic carbocycles. The molecule has 8 nitrogen and oxygen atoms in total. The number of ether oxygens (including phenoxy) is 1. The van der Waals surface area contributed by atoms with Crippen LogP contribution >= 0.6 is 0 Å². The van der Waals surface area contributed by atoms with Gasteiger partial charge in [-0.1, -0.05) is 18.2 Å². The summed E-state index contributed by atoms with van der Waals surface area (Å²) in [4.78, 5) is 16.4. The first kappa shape index (κ1) is 21.3. The maximum Gasteiger partial charge on any atom is 0.175 e. The van der Waals surface area contributed by atoms with Crippen molar-refractivity contribution in [1.29, 1.82) is 0 Å². The number of sulfone groups is 1. The molecule has 1 fully saturated rings. The molecule has 0 radical (unpaired) electrons. The van der Waals surface area contributed by atoms with E-state index in [0.717, 1.165) is 46.5 Å². The summed E-state index contributed by atoms with van der Waals surface area (Å²) >= 11 is 0. The van der Waals surface area contributed by atoms with Crippen molar-refractivity contribution in [2.75, 3.05) is 43.2 Å². The Morgan fingerprint density at radius 2 is 1.70 bits per heavy atom. The zero-order valence-electron chi connectivity index (χ0n) is 18.1. The largest absolute Gasteiger partial charge is 0.384 e. The maximum absolute atomic E-state index is 12.0. The molecular formula is C24H23N5O3S. The van der Waals surface area contributed by atoms with Crippen molar-refractivity contribution >= 4 is 32.4 Å². The minimum atomic E-state index is -3.30. The molecule has 0 atom stereocenters. The molecule has 5 rings (SSSR count). The number of benzene rings is 2. The van der Waals surface area contributed by atoms with E-state index in [9.17, 15) is 8.42 Å². The second-order valence-corrected chi connectivity index (χ2v) is 9.99. The standard InChI is InChI=1S/C24H23N5O3S/c1-33(30,31)19-4-2-3-16(13-19)17-5-7-20-21(14-17)27-23(18-6-8-22(25)26-15-18)28-24(20)29-9-11-32-12-10-29/h2-8,13-15H,9-12H2,1H3,(H2,25,26). The van der Waals surface area contributed by atoms with Gasteiger partial charge in [-0.3, -0.25) is 0 Å². The van der Waals surface area contributed by atoms with Gasteiger partial charge in [-0.25, -0.2) is 23.4 Å². The lowest BCUT2D eigenvalue weighted by Gasteiger charge is -2.29. The third-order valence-electron chi connectivity index (χ3n) is 5.63. The van der Waals surface area contributed by atoms with Crippen molar-refractivity contribution in [2.45, 2.75) is 4.90 Å².